The zero-order valence-electron chi connectivity index (χ0n) is 37.1. The molecule has 0 aromatic rings. The van der Waals surface area contributed by atoms with Gasteiger partial charge in [0, 0.05) is 12.3 Å². The van der Waals surface area contributed by atoms with E-state index in [2.05, 4.69) is 26.8 Å². The molecule has 8 aliphatic rings. The molecule has 8 rings (SSSR count). The summed E-state index contributed by atoms with van der Waals surface area (Å²) in [6.45, 7) is 9.44. The highest BCUT2D eigenvalue weighted by Gasteiger charge is 2.68. The first-order valence-corrected chi connectivity index (χ1v) is 23.4. The Morgan fingerprint density at radius 3 is 2.08 bits per heavy atom. The summed E-state index contributed by atoms with van der Waals surface area (Å²) in [6, 6.07) is 0. The highest BCUT2D eigenvalue weighted by atomic mass is 16.8. The molecule has 7 fully saturated rings. The zero-order chi connectivity index (χ0) is 45.5. The third kappa shape index (κ3) is 8.51. The van der Waals surface area contributed by atoms with Gasteiger partial charge in [0.2, 0.25) is 0 Å². The second kappa shape index (κ2) is 18.5. The molecule has 18 nitrogen and oxygen atoms in total. The van der Waals surface area contributed by atoms with Gasteiger partial charge in [-0.05, 0) is 98.7 Å². The summed E-state index contributed by atoms with van der Waals surface area (Å²) in [7, 11) is 0. The van der Waals surface area contributed by atoms with Gasteiger partial charge < -0.3 is 89.3 Å². The van der Waals surface area contributed by atoms with Crippen molar-refractivity contribution in [1.29, 1.82) is 0 Å². The van der Waals surface area contributed by atoms with Crippen LogP contribution in [0.5, 0.6) is 0 Å². The van der Waals surface area contributed by atoms with Crippen LogP contribution < -0.4 is 0 Å². The highest BCUT2D eigenvalue weighted by molar-refractivity contribution is 5.26. The smallest absolute Gasteiger partial charge is 0.187 e. The number of allylic oxidation sites excluding steroid dienone is 1. The summed E-state index contributed by atoms with van der Waals surface area (Å²) in [4.78, 5) is 0. The van der Waals surface area contributed by atoms with Crippen LogP contribution in [0.25, 0.3) is 0 Å². The number of aliphatic hydroxyl groups excluding tert-OH is 10. The van der Waals surface area contributed by atoms with Crippen LogP contribution in [-0.4, -0.2) is 186 Å². The van der Waals surface area contributed by atoms with Crippen molar-refractivity contribution < 1.29 is 89.3 Å². The first-order valence-electron chi connectivity index (χ1n) is 23.4. The molecule has 0 aromatic heterocycles. The molecule has 11 N–H and O–H groups in total. The topological polar surface area (TPSA) is 287 Å². The van der Waals surface area contributed by atoms with Crippen LogP contribution in [0.1, 0.15) is 92.4 Å². The molecule has 0 amide bonds. The fourth-order valence-electron chi connectivity index (χ4n) is 13.5. The van der Waals surface area contributed by atoms with E-state index in [1.54, 1.807) is 0 Å². The Kier molecular flexibility index (Phi) is 14.2. The standard InChI is InChI=1S/C45H74O18/c1-19(18-57-40-37(54)35(52)32(49)28(16-46)60-40)8-13-45(56)20(2)30-27(63-45)15-26-24-7-6-22-14-23(9-11-43(22,4)25(24)10-12-44(26,30)5)59-42-39(36(53)33(50)29(17-47)61-42)62-41-38(55)34(51)31(48)21(3)58-41/h14,19-21,23-42,46-56H,6-13,15-18H2,1-5H3/t19-,20-,21-,23-,24+,25-,26+,27-,28+,29+,30-,31-,32+,33+,34+,35-,36-,37+,38+,39+,40+,41-,42+,43-,44-,45-/m0/s1. The van der Waals surface area contributed by atoms with E-state index in [-0.39, 0.29) is 41.3 Å². The van der Waals surface area contributed by atoms with Crippen molar-refractivity contribution in [2.75, 3.05) is 19.8 Å². The van der Waals surface area contributed by atoms with Gasteiger partial charge in [-0.25, -0.2) is 0 Å². The quantitative estimate of drug-likeness (QED) is 0.107. The molecule has 0 unspecified atom stereocenters. The number of aliphatic hydroxyl groups is 11. The molecule has 0 aromatic carbocycles. The van der Waals surface area contributed by atoms with Gasteiger partial charge in [0.05, 0.1) is 38.1 Å². The number of hydrogen-bond acceptors (Lipinski definition) is 18. The fourth-order valence-corrected chi connectivity index (χ4v) is 13.5. The largest absolute Gasteiger partial charge is 0.394 e. The normalized spacial score (nSPS) is 55.0. The summed E-state index contributed by atoms with van der Waals surface area (Å²) in [6.07, 6.45) is -11.5. The first-order chi connectivity index (χ1) is 29.8. The predicted molar refractivity (Wildman–Crippen MR) is 218 cm³/mol. The first kappa shape index (κ1) is 48.5. The molecule has 4 saturated heterocycles. The van der Waals surface area contributed by atoms with Crippen LogP contribution in [0.15, 0.2) is 11.6 Å². The van der Waals surface area contributed by atoms with Crippen molar-refractivity contribution >= 4 is 0 Å². The van der Waals surface area contributed by atoms with Crippen molar-refractivity contribution in [2.24, 2.45) is 46.3 Å². The van der Waals surface area contributed by atoms with Gasteiger partial charge in [-0.15, -0.1) is 0 Å². The van der Waals surface area contributed by atoms with E-state index in [1.807, 2.05) is 6.92 Å². The van der Waals surface area contributed by atoms with Gasteiger partial charge in [0.25, 0.3) is 0 Å². The van der Waals surface area contributed by atoms with Crippen molar-refractivity contribution in [3.8, 4) is 0 Å². The van der Waals surface area contributed by atoms with Crippen molar-refractivity contribution in [1.82, 2.24) is 0 Å². The Hall–Kier alpha value is -0.980. The molecular weight excluding hydrogens is 828 g/mol. The summed E-state index contributed by atoms with van der Waals surface area (Å²) < 4.78 is 42.0. The highest BCUT2D eigenvalue weighted by Crippen LogP contribution is 2.70. The molecule has 4 heterocycles. The van der Waals surface area contributed by atoms with Crippen LogP contribution in [0, 0.1) is 46.3 Å². The van der Waals surface area contributed by atoms with E-state index in [9.17, 15) is 56.2 Å². The Balaban J connectivity index is 0.888. The Morgan fingerprint density at radius 1 is 0.730 bits per heavy atom. The maximum absolute atomic E-state index is 12.0. The number of fused-ring (bicyclic) bond motifs is 7. The molecule has 63 heavy (non-hydrogen) atoms. The lowest BCUT2D eigenvalue weighted by Crippen LogP contribution is -2.64. The van der Waals surface area contributed by atoms with E-state index in [0.717, 1.165) is 38.5 Å². The summed E-state index contributed by atoms with van der Waals surface area (Å²) in [5.74, 6) is 0.118. The SMILES string of the molecule is C[C@@H](CC[C@]1(O)O[C@H]2C[C@@H]3[C@@H]4CCC5=C[C@@H](O[C@@H]6O[C@H](CO)[C@@H](O)[C@H](O)[C@H]6O[C@@H]6O[C@@H](C)[C@H](O)[C@@H](O)[C@H]6O)CC[C@]5(C)[C@H]4CC[C@]3(C)[C@H]2[C@@H]1C)CO[C@@H]1O[C@H](CO)[C@@H](O)[C@H](O)[C@H]1O. The molecule has 362 valence electrons. The Labute approximate surface area is 369 Å². The van der Waals surface area contributed by atoms with Crippen LogP contribution in [0.2, 0.25) is 0 Å². The minimum Gasteiger partial charge on any atom is -0.394 e. The zero-order valence-corrected chi connectivity index (χ0v) is 37.1. The molecule has 4 aliphatic heterocycles. The third-order valence-corrected chi connectivity index (χ3v) is 17.4. The second-order valence-corrected chi connectivity index (χ2v) is 21.0. The van der Waals surface area contributed by atoms with E-state index in [1.165, 1.54) is 12.5 Å². The molecule has 4 aliphatic carbocycles. The van der Waals surface area contributed by atoms with Crippen molar-refractivity contribution in [3.05, 3.63) is 11.6 Å². The Bertz CT molecular complexity index is 1600. The Morgan fingerprint density at radius 2 is 1.38 bits per heavy atom. The molecule has 0 bridgehead atoms. The molecule has 18 heteroatoms. The average Bonchev–Trinajstić information content (AvgIpc) is 3.70. The van der Waals surface area contributed by atoms with Crippen LogP contribution in [-0.2, 0) is 33.2 Å². The van der Waals surface area contributed by atoms with E-state index >= 15 is 0 Å². The minimum atomic E-state index is -1.65. The van der Waals surface area contributed by atoms with Gasteiger partial charge in [0.15, 0.2) is 24.7 Å². The predicted octanol–water partition coefficient (Wildman–Crippen LogP) is -0.831. The number of ether oxygens (including phenoxy) is 7. The maximum Gasteiger partial charge on any atom is 0.187 e. The monoisotopic (exact) mass is 902 g/mol. The lowest BCUT2D eigenvalue weighted by molar-refractivity contribution is -0.368. The van der Waals surface area contributed by atoms with Crippen molar-refractivity contribution in [2.45, 2.75) is 203 Å². The van der Waals surface area contributed by atoms with Crippen molar-refractivity contribution in [3.63, 3.8) is 0 Å². The van der Waals surface area contributed by atoms with Crippen LogP contribution in [0.4, 0.5) is 0 Å². The van der Waals surface area contributed by atoms with Gasteiger partial charge >= 0.3 is 0 Å². The van der Waals surface area contributed by atoms with E-state index in [4.69, 9.17) is 33.2 Å². The summed E-state index contributed by atoms with van der Waals surface area (Å²) >= 11 is 0. The minimum absolute atomic E-state index is 0.00497. The lowest BCUT2D eigenvalue weighted by Gasteiger charge is -2.59. The van der Waals surface area contributed by atoms with E-state index in [0.29, 0.717) is 37.0 Å². The van der Waals surface area contributed by atoms with Gasteiger partial charge in [-0.2, -0.15) is 0 Å². The molecule has 0 spiro atoms. The summed E-state index contributed by atoms with van der Waals surface area (Å²) in [5.41, 5.74) is 1.24. The molecule has 0 radical (unpaired) electrons. The molecular formula is C45H74O18. The third-order valence-electron chi connectivity index (χ3n) is 17.4. The number of hydrogen-bond donors (Lipinski definition) is 11. The maximum atomic E-state index is 12.0. The van der Waals surface area contributed by atoms with Crippen LogP contribution in [0.3, 0.4) is 0 Å². The van der Waals surface area contributed by atoms with Gasteiger partial charge in [0.1, 0.15) is 67.1 Å². The molecule has 3 saturated carbocycles. The van der Waals surface area contributed by atoms with Crippen LogP contribution >= 0.6 is 0 Å². The molecule has 26 atom stereocenters. The summed E-state index contributed by atoms with van der Waals surface area (Å²) in [5, 5.41) is 115. The fraction of sp³-hybridized carbons (Fsp3) is 0.956. The second-order valence-electron chi connectivity index (χ2n) is 21.0. The average molecular weight is 903 g/mol. The van der Waals surface area contributed by atoms with Gasteiger partial charge in [-0.3, -0.25) is 0 Å². The van der Waals surface area contributed by atoms with Gasteiger partial charge in [-0.1, -0.05) is 39.3 Å². The lowest BCUT2D eigenvalue weighted by atomic mass is 9.46. The van der Waals surface area contributed by atoms with E-state index < -0.39 is 117 Å². The number of rotatable bonds is 12.